The number of piperidine rings is 1. The van der Waals surface area contributed by atoms with Gasteiger partial charge in [0.05, 0.1) is 18.8 Å². The molecule has 4 aromatic carbocycles. The molecule has 190 valence electrons. The minimum Gasteiger partial charge on any atom is -0.491 e. The molecule has 1 amide bonds. The molecule has 1 N–H and O–H groups in total. The van der Waals surface area contributed by atoms with E-state index in [1.165, 1.54) is 0 Å². The van der Waals surface area contributed by atoms with Crippen molar-refractivity contribution in [1.82, 2.24) is 4.90 Å². The molecule has 0 bridgehead atoms. The molecule has 0 aromatic heterocycles. The summed E-state index contributed by atoms with van der Waals surface area (Å²) in [5.41, 5.74) is 1.93. The number of hydrogen-bond donors (Lipinski definition) is 1. The van der Waals surface area contributed by atoms with Crippen LogP contribution in [0.2, 0.25) is 0 Å². The second-order valence-corrected chi connectivity index (χ2v) is 9.20. The van der Waals surface area contributed by atoms with Gasteiger partial charge < -0.3 is 19.3 Å². The van der Waals surface area contributed by atoms with Crippen molar-refractivity contribution in [3.05, 3.63) is 114 Å². The Morgan fingerprint density at radius 3 is 2.22 bits per heavy atom. The van der Waals surface area contributed by atoms with Crippen molar-refractivity contribution in [3.63, 3.8) is 0 Å². The van der Waals surface area contributed by atoms with E-state index < -0.39 is 24.3 Å². The van der Waals surface area contributed by atoms with Crippen molar-refractivity contribution in [3.8, 4) is 5.75 Å². The Kier molecular flexibility index (Phi) is 7.99. The van der Waals surface area contributed by atoms with Crippen LogP contribution >= 0.6 is 0 Å². The van der Waals surface area contributed by atoms with Crippen molar-refractivity contribution < 1.29 is 24.1 Å². The number of rotatable bonds is 8. The van der Waals surface area contributed by atoms with E-state index in [-0.39, 0.29) is 13.2 Å². The summed E-state index contributed by atoms with van der Waals surface area (Å²) >= 11 is 0. The molecule has 1 aliphatic heterocycles. The fraction of sp³-hybridized carbons (Fsp3) is 0.258. The minimum absolute atomic E-state index is 0.112. The van der Waals surface area contributed by atoms with Gasteiger partial charge in [-0.15, -0.1) is 0 Å². The molecule has 0 unspecified atom stereocenters. The molecule has 0 saturated carbocycles. The van der Waals surface area contributed by atoms with Gasteiger partial charge in [-0.2, -0.15) is 0 Å². The summed E-state index contributed by atoms with van der Waals surface area (Å²) in [5, 5.41) is 13.4. The van der Waals surface area contributed by atoms with Gasteiger partial charge in [-0.1, -0.05) is 97.1 Å². The molecule has 0 spiro atoms. The van der Waals surface area contributed by atoms with Crippen LogP contribution in [0.15, 0.2) is 103 Å². The second-order valence-electron chi connectivity index (χ2n) is 9.20. The lowest BCUT2D eigenvalue weighted by molar-refractivity contribution is -0.114. The second kappa shape index (κ2) is 11.9. The Bertz CT molecular complexity index is 1290. The topological polar surface area (TPSA) is 68.2 Å². The highest BCUT2D eigenvalue weighted by atomic mass is 16.6. The summed E-state index contributed by atoms with van der Waals surface area (Å²) in [6, 6.07) is 32.6. The third-order valence-corrected chi connectivity index (χ3v) is 6.74. The number of amides is 1. The van der Waals surface area contributed by atoms with Gasteiger partial charge in [0.2, 0.25) is 0 Å². The number of carbonyl (C=O) groups is 1. The van der Waals surface area contributed by atoms with Crippen LogP contribution in [-0.2, 0) is 22.7 Å². The fourth-order valence-electron chi connectivity index (χ4n) is 4.71. The normalized spacial score (nSPS) is 19.5. The monoisotopic (exact) mass is 497 g/mol. The Labute approximate surface area is 217 Å². The SMILES string of the molecule is O=C(OCc1ccccc1)N1CC[C@H](OCc2ccccc2)[C@H](O)[C@@H]1COc1cccc2ccccc12. The predicted octanol–water partition coefficient (Wildman–Crippen LogP) is 5.58. The number of aliphatic hydroxyl groups is 1. The largest absolute Gasteiger partial charge is 0.491 e. The quantitative estimate of drug-likeness (QED) is 0.344. The van der Waals surface area contributed by atoms with E-state index in [0.29, 0.717) is 25.3 Å². The van der Waals surface area contributed by atoms with Gasteiger partial charge in [0.25, 0.3) is 0 Å². The lowest BCUT2D eigenvalue weighted by Gasteiger charge is -2.42. The Hall–Kier alpha value is -3.87. The summed E-state index contributed by atoms with van der Waals surface area (Å²) in [6.45, 7) is 1.06. The maximum atomic E-state index is 13.1. The maximum absolute atomic E-state index is 13.1. The highest BCUT2D eigenvalue weighted by Gasteiger charge is 2.41. The highest BCUT2D eigenvalue weighted by Crippen LogP contribution is 2.28. The Balaban J connectivity index is 1.31. The number of hydrogen-bond acceptors (Lipinski definition) is 5. The van der Waals surface area contributed by atoms with Gasteiger partial charge in [0.15, 0.2) is 0 Å². The third kappa shape index (κ3) is 6.10. The van der Waals surface area contributed by atoms with Crippen molar-refractivity contribution in [2.75, 3.05) is 13.2 Å². The summed E-state index contributed by atoms with van der Waals surface area (Å²) < 4.78 is 17.9. The molecule has 6 heteroatoms. The average Bonchev–Trinajstić information content (AvgIpc) is 2.95. The summed E-state index contributed by atoms with van der Waals surface area (Å²) in [4.78, 5) is 14.7. The van der Waals surface area contributed by atoms with E-state index in [2.05, 4.69) is 0 Å². The molecule has 0 aliphatic carbocycles. The molecular formula is C31H31NO5. The first-order valence-corrected chi connectivity index (χ1v) is 12.6. The predicted molar refractivity (Wildman–Crippen MR) is 142 cm³/mol. The standard InChI is InChI=1S/C31H31NO5/c33-30-27(22-36-28-17-9-15-25-14-7-8-16-26(25)28)32(31(34)37-21-24-12-5-2-6-13-24)19-18-29(30)35-20-23-10-3-1-4-11-23/h1-17,27,29-30,33H,18-22H2/t27-,29-,30+/m0/s1. The van der Waals surface area contributed by atoms with Crippen LogP contribution in [0.25, 0.3) is 10.8 Å². The van der Waals surface area contributed by atoms with E-state index in [1.54, 1.807) is 4.90 Å². The van der Waals surface area contributed by atoms with Crippen molar-refractivity contribution >= 4 is 16.9 Å². The number of carbonyl (C=O) groups excluding carboxylic acids is 1. The van der Waals surface area contributed by atoms with Gasteiger partial charge in [-0.05, 0) is 29.0 Å². The van der Waals surface area contributed by atoms with Crippen LogP contribution in [0.3, 0.4) is 0 Å². The zero-order valence-corrected chi connectivity index (χ0v) is 20.6. The first kappa shape index (κ1) is 24.8. The van der Waals surface area contributed by atoms with E-state index in [0.717, 1.165) is 21.9 Å². The molecular weight excluding hydrogens is 466 g/mol. The Morgan fingerprint density at radius 2 is 1.46 bits per heavy atom. The zero-order chi connectivity index (χ0) is 25.5. The van der Waals surface area contributed by atoms with Crippen LogP contribution in [0.1, 0.15) is 17.5 Å². The van der Waals surface area contributed by atoms with Crippen LogP contribution in [-0.4, -0.2) is 47.5 Å². The van der Waals surface area contributed by atoms with Crippen LogP contribution in [0.4, 0.5) is 4.79 Å². The lowest BCUT2D eigenvalue weighted by Crippen LogP contribution is -2.59. The van der Waals surface area contributed by atoms with Gasteiger partial charge in [0.1, 0.15) is 25.1 Å². The maximum Gasteiger partial charge on any atom is 0.410 e. The zero-order valence-electron chi connectivity index (χ0n) is 20.6. The van der Waals surface area contributed by atoms with E-state index in [4.69, 9.17) is 14.2 Å². The average molecular weight is 498 g/mol. The molecule has 6 nitrogen and oxygen atoms in total. The number of aliphatic hydroxyl groups excluding tert-OH is 1. The van der Waals surface area contributed by atoms with E-state index in [1.807, 2.05) is 103 Å². The van der Waals surface area contributed by atoms with Crippen molar-refractivity contribution in [2.45, 2.75) is 37.9 Å². The van der Waals surface area contributed by atoms with E-state index >= 15 is 0 Å². The fourth-order valence-corrected chi connectivity index (χ4v) is 4.71. The summed E-state index contributed by atoms with van der Waals surface area (Å²) in [6.07, 6.45) is -1.34. The molecule has 1 saturated heterocycles. The molecule has 1 heterocycles. The van der Waals surface area contributed by atoms with Crippen LogP contribution in [0, 0.1) is 0 Å². The van der Waals surface area contributed by atoms with Crippen molar-refractivity contribution in [2.24, 2.45) is 0 Å². The first-order chi connectivity index (χ1) is 18.2. The Morgan fingerprint density at radius 1 is 0.811 bits per heavy atom. The smallest absolute Gasteiger partial charge is 0.410 e. The summed E-state index contributed by atoms with van der Waals surface area (Å²) in [7, 11) is 0. The number of benzene rings is 4. The van der Waals surface area contributed by atoms with Crippen molar-refractivity contribution in [1.29, 1.82) is 0 Å². The van der Waals surface area contributed by atoms with Gasteiger partial charge in [0, 0.05) is 11.9 Å². The third-order valence-electron chi connectivity index (χ3n) is 6.74. The number of nitrogens with zero attached hydrogens (tertiary/aromatic N) is 1. The molecule has 1 fully saturated rings. The van der Waals surface area contributed by atoms with E-state index in [9.17, 15) is 9.90 Å². The van der Waals surface area contributed by atoms with Gasteiger partial charge in [-0.25, -0.2) is 4.79 Å². The van der Waals surface area contributed by atoms with Crippen LogP contribution < -0.4 is 4.74 Å². The van der Waals surface area contributed by atoms with Crippen LogP contribution in [0.5, 0.6) is 5.75 Å². The summed E-state index contributed by atoms with van der Waals surface area (Å²) in [5.74, 6) is 0.704. The minimum atomic E-state index is -0.934. The molecule has 5 rings (SSSR count). The van der Waals surface area contributed by atoms with Gasteiger partial charge in [-0.3, -0.25) is 4.90 Å². The molecule has 1 aliphatic rings. The molecule has 4 aromatic rings. The number of ether oxygens (including phenoxy) is 3. The molecule has 3 atom stereocenters. The lowest BCUT2D eigenvalue weighted by atomic mass is 9.96. The van der Waals surface area contributed by atoms with Gasteiger partial charge >= 0.3 is 6.09 Å². The molecule has 0 radical (unpaired) electrons. The molecule has 37 heavy (non-hydrogen) atoms. The highest BCUT2D eigenvalue weighted by molar-refractivity contribution is 5.88. The number of fused-ring (bicyclic) bond motifs is 1. The number of likely N-dealkylation sites (tertiary alicyclic amines) is 1. The first-order valence-electron chi connectivity index (χ1n) is 12.6.